The zero-order valence-corrected chi connectivity index (χ0v) is 9.41. The molecule has 0 saturated heterocycles. The lowest BCUT2D eigenvalue weighted by molar-refractivity contribution is -0.153. The molecule has 1 aromatic carbocycles. The molecule has 2 unspecified atom stereocenters. The summed E-state index contributed by atoms with van der Waals surface area (Å²) in [6.07, 6.45) is -4.94. The van der Waals surface area contributed by atoms with Crippen LogP contribution in [0.1, 0.15) is 17.9 Å². The lowest BCUT2D eigenvalue weighted by Gasteiger charge is -2.20. The van der Waals surface area contributed by atoms with E-state index in [1.54, 1.807) is 0 Å². The summed E-state index contributed by atoms with van der Waals surface area (Å²) in [5, 5.41) is 8.95. The Labute approximate surface area is 92.7 Å². The molecule has 0 aliphatic carbocycles. The number of aliphatic hydroxyl groups is 1. The van der Waals surface area contributed by atoms with E-state index in [0.717, 1.165) is 12.1 Å². The minimum atomic E-state index is -4.48. The molecule has 0 aromatic heterocycles. The molecule has 0 fully saturated rings. The van der Waals surface area contributed by atoms with Crippen molar-refractivity contribution in [3.63, 3.8) is 0 Å². The van der Waals surface area contributed by atoms with Crippen molar-refractivity contribution in [1.29, 1.82) is 0 Å². The summed E-state index contributed by atoms with van der Waals surface area (Å²) in [5.41, 5.74) is -0.161. The molecule has 1 rings (SSSR count). The van der Waals surface area contributed by atoms with Gasteiger partial charge in [-0.25, -0.2) is 4.39 Å². The van der Waals surface area contributed by atoms with Gasteiger partial charge in [-0.2, -0.15) is 13.2 Å². The van der Waals surface area contributed by atoms with E-state index >= 15 is 0 Å². The standard InChI is InChI=1S/C10H11F4OP/c11-7-3-6(4-8(16)5-7)9(1-2-15)10(12,13)14/h3-5,9,15H,1-2,16H2. The Morgan fingerprint density at radius 1 is 1.25 bits per heavy atom. The molecular weight excluding hydrogens is 243 g/mol. The van der Waals surface area contributed by atoms with Crippen molar-refractivity contribution >= 4 is 14.5 Å². The molecule has 1 nitrogen and oxygen atoms in total. The largest absolute Gasteiger partial charge is 0.396 e. The molecule has 0 radical (unpaired) electrons. The van der Waals surface area contributed by atoms with Crippen LogP contribution in [0.4, 0.5) is 17.6 Å². The van der Waals surface area contributed by atoms with Gasteiger partial charge in [0.15, 0.2) is 0 Å². The lowest BCUT2D eigenvalue weighted by Crippen LogP contribution is -2.22. The van der Waals surface area contributed by atoms with Crippen molar-refractivity contribution in [2.45, 2.75) is 18.5 Å². The maximum atomic E-state index is 13.0. The van der Waals surface area contributed by atoms with Crippen LogP contribution < -0.4 is 5.30 Å². The quantitative estimate of drug-likeness (QED) is 0.648. The Bertz CT molecular complexity index is 344. The van der Waals surface area contributed by atoms with Crippen LogP contribution in [-0.2, 0) is 0 Å². The third-order valence-corrected chi connectivity index (χ3v) is 2.49. The van der Waals surface area contributed by atoms with E-state index in [1.807, 2.05) is 0 Å². The van der Waals surface area contributed by atoms with Crippen molar-refractivity contribution in [3.05, 3.63) is 29.6 Å². The maximum Gasteiger partial charge on any atom is 0.395 e. The topological polar surface area (TPSA) is 20.2 Å². The Morgan fingerprint density at radius 2 is 1.88 bits per heavy atom. The number of hydrogen-bond acceptors (Lipinski definition) is 1. The molecule has 0 aliphatic heterocycles. The van der Waals surface area contributed by atoms with Gasteiger partial charge in [-0.3, -0.25) is 0 Å². The van der Waals surface area contributed by atoms with Gasteiger partial charge in [0.05, 0.1) is 5.92 Å². The van der Waals surface area contributed by atoms with Gasteiger partial charge in [0.1, 0.15) is 5.82 Å². The highest BCUT2D eigenvalue weighted by atomic mass is 31.0. The van der Waals surface area contributed by atoms with Crippen molar-refractivity contribution < 1.29 is 22.7 Å². The van der Waals surface area contributed by atoms with E-state index in [9.17, 15) is 17.6 Å². The van der Waals surface area contributed by atoms with Crippen LogP contribution in [0, 0.1) is 5.82 Å². The summed E-state index contributed by atoms with van der Waals surface area (Å²) in [4.78, 5) is 0. The van der Waals surface area contributed by atoms with Crippen LogP contribution in [0.5, 0.6) is 0 Å². The van der Waals surface area contributed by atoms with E-state index < -0.39 is 30.9 Å². The van der Waals surface area contributed by atoms with E-state index in [0.29, 0.717) is 5.30 Å². The Hall–Kier alpha value is -0.670. The molecule has 1 N–H and O–H groups in total. The highest BCUT2D eigenvalue weighted by Crippen LogP contribution is 2.37. The number of benzene rings is 1. The Kier molecular flexibility index (Phi) is 4.28. The zero-order chi connectivity index (χ0) is 12.3. The van der Waals surface area contributed by atoms with E-state index in [2.05, 4.69) is 9.24 Å². The molecule has 90 valence electrons. The van der Waals surface area contributed by atoms with E-state index in [4.69, 9.17) is 5.11 Å². The lowest BCUT2D eigenvalue weighted by atomic mass is 9.95. The normalized spacial score (nSPS) is 13.9. The van der Waals surface area contributed by atoms with Crippen molar-refractivity contribution in [2.75, 3.05) is 6.61 Å². The van der Waals surface area contributed by atoms with Gasteiger partial charge in [0.2, 0.25) is 0 Å². The number of hydrogen-bond donors (Lipinski definition) is 1. The summed E-state index contributed by atoms with van der Waals surface area (Å²) in [6, 6.07) is 3.23. The number of aliphatic hydroxyl groups excluding tert-OH is 1. The van der Waals surface area contributed by atoms with Crippen LogP contribution in [-0.4, -0.2) is 17.9 Å². The molecule has 0 saturated carbocycles. The van der Waals surface area contributed by atoms with Gasteiger partial charge in [-0.1, -0.05) is 6.07 Å². The number of halogens is 4. The SMILES string of the molecule is OCCC(c1cc(F)cc(P)c1)C(F)(F)F. The molecule has 0 heterocycles. The summed E-state index contributed by atoms with van der Waals surface area (Å²) in [6.45, 7) is -0.590. The summed E-state index contributed by atoms with van der Waals surface area (Å²) < 4.78 is 50.8. The Balaban J connectivity index is 3.10. The highest BCUT2D eigenvalue weighted by Gasteiger charge is 2.40. The first-order valence-electron chi connectivity index (χ1n) is 4.58. The fourth-order valence-corrected chi connectivity index (χ4v) is 1.84. The average molecular weight is 254 g/mol. The minimum Gasteiger partial charge on any atom is -0.396 e. The molecule has 0 aliphatic rings. The van der Waals surface area contributed by atoms with Crippen LogP contribution in [0.2, 0.25) is 0 Å². The van der Waals surface area contributed by atoms with E-state index in [1.165, 1.54) is 6.07 Å². The van der Waals surface area contributed by atoms with Crippen LogP contribution in [0.15, 0.2) is 18.2 Å². The van der Waals surface area contributed by atoms with Gasteiger partial charge in [-0.15, -0.1) is 9.24 Å². The predicted octanol–water partition coefficient (Wildman–Crippen LogP) is 2.35. The van der Waals surface area contributed by atoms with Crippen LogP contribution in [0.25, 0.3) is 0 Å². The molecule has 6 heteroatoms. The molecule has 2 atom stereocenters. The van der Waals surface area contributed by atoms with Crippen LogP contribution >= 0.6 is 9.24 Å². The molecule has 0 spiro atoms. The third-order valence-electron chi connectivity index (χ3n) is 2.16. The van der Waals surface area contributed by atoms with Crippen molar-refractivity contribution in [3.8, 4) is 0 Å². The first-order chi connectivity index (χ1) is 7.34. The first kappa shape index (κ1) is 13.4. The smallest absolute Gasteiger partial charge is 0.395 e. The van der Waals surface area contributed by atoms with Gasteiger partial charge >= 0.3 is 6.18 Å². The van der Waals surface area contributed by atoms with E-state index in [-0.39, 0.29) is 5.56 Å². The molecular formula is C10H11F4OP. The monoisotopic (exact) mass is 254 g/mol. The maximum absolute atomic E-state index is 13.0. The minimum absolute atomic E-state index is 0.161. The second-order valence-electron chi connectivity index (χ2n) is 3.42. The molecule has 0 bridgehead atoms. The van der Waals surface area contributed by atoms with Gasteiger partial charge in [0.25, 0.3) is 0 Å². The predicted molar refractivity (Wildman–Crippen MR) is 56.2 cm³/mol. The summed E-state index contributed by atoms with van der Waals surface area (Å²) in [5.74, 6) is -2.54. The fourth-order valence-electron chi connectivity index (χ4n) is 1.49. The molecule has 0 amide bonds. The summed E-state index contributed by atoms with van der Waals surface area (Å²) in [7, 11) is 2.15. The van der Waals surface area contributed by atoms with Crippen molar-refractivity contribution in [1.82, 2.24) is 0 Å². The van der Waals surface area contributed by atoms with Gasteiger partial charge < -0.3 is 5.11 Å². The fraction of sp³-hybridized carbons (Fsp3) is 0.400. The zero-order valence-electron chi connectivity index (χ0n) is 8.26. The second-order valence-corrected chi connectivity index (χ2v) is 4.09. The van der Waals surface area contributed by atoms with Gasteiger partial charge in [0, 0.05) is 6.61 Å². The highest BCUT2D eigenvalue weighted by molar-refractivity contribution is 7.27. The number of alkyl halides is 3. The first-order valence-corrected chi connectivity index (χ1v) is 5.16. The van der Waals surface area contributed by atoms with Crippen molar-refractivity contribution in [2.24, 2.45) is 0 Å². The van der Waals surface area contributed by atoms with Crippen LogP contribution in [0.3, 0.4) is 0 Å². The number of rotatable bonds is 3. The average Bonchev–Trinajstić information content (AvgIpc) is 2.10. The molecule has 1 aromatic rings. The Morgan fingerprint density at radius 3 is 2.31 bits per heavy atom. The van der Waals surface area contributed by atoms with Gasteiger partial charge in [-0.05, 0) is 29.4 Å². The summed E-state index contributed by atoms with van der Waals surface area (Å²) >= 11 is 0. The second kappa shape index (κ2) is 5.11. The third kappa shape index (κ3) is 3.42. The molecule has 16 heavy (non-hydrogen) atoms.